The molecule has 1 saturated heterocycles. The minimum Gasteiger partial charge on any atom is -0.353 e. The molecule has 0 radical (unpaired) electrons. The summed E-state index contributed by atoms with van der Waals surface area (Å²) in [7, 11) is 0. The lowest BCUT2D eigenvalue weighted by molar-refractivity contribution is 0.0748. The quantitative estimate of drug-likeness (QED) is 0.500. The van der Waals surface area contributed by atoms with Gasteiger partial charge in [0.25, 0.3) is 11.7 Å². The van der Waals surface area contributed by atoms with Gasteiger partial charge in [0.1, 0.15) is 12.1 Å². The number of nitrogens with zero attached hydrogens (tertiary/aromatic N) is 7. The number of rotatable bonds is 3. The Labute approximate surface area is 185 Å². The molecule has 0 bridgehead atoms. The molecule has 0 unspecified atom stereocenters. The molecular formula is C24H25N7O. The van der Waals surface area contributed by atoms with Crippen molar-refractivity contribution in [2.24, 2.45) is 0 Å². The van der Waals surface area contributed by atoms with E-state index in [1.807, 2.05) is 30.0 Å². The Morgan fingerprint density at radius 3 is 2.59 bits per heavy atom. The van der Waals surface area contributed by atoms with E-state index in [4.69, 9.17) is 4.98 Å². The van der Waals surface area contributed by atoms with E-state index in [9.17, 15) is 4.79 Å². The Bertz CT molecular complexity index is 1350. The largest absolute Gasteiger partial charge is 0.353 e. The third-order valence-electron chi connectivity index (χ3n) is 6.46. The molecule has 3 aromatic heterocycles. The van der Waals surface area contributed by atoms with Crippen molar-refractivity contribution in [3.8, 4) is 0 Å². The van der Waals surface area contributed by atoms with Crippen LogP contribution in [-0.2, 0) is 0 Å². The number of aromatic nitrogens is 5. The number of benzene rings is 1. The number of carbonyl (C=O) groups excluding carboxylic acids is 1. The second-order valence-electron chi connectivity index (χ2n) is 8.90. The van der Waals surface area contributed by atoms with Gasteiger partial charge in [-0.15, -0.1) is 0 Å². The highest BCUT2D eigenvalue weighted by Gasteiger charge is 2.29. The van der Waals surface area contributed by atoms with E-state index in [1.165, 1.54) is 19.2 Å². The minimum absolute atomic E-state index is 0.0985. The zero-order chi connectivity index (χ0) is 21.8. The van der Waals surface area contributed by atoms with Gasteiger partial charge < -0.3 is 9.80 Å². The molecule has 32 heavy (non-hydrogen) atoms. The first kappa shape index (κ1) is 19.2. The Balaban J connectivity index is 1.28. The second kappa shape index (κ2) is 7.25. The monoisotopic (exact) mass is 427 g/mol. The van der Waals surface area contributed by atoms with Gasteiger partial charge in [-0.1, -0.05) is 11.6 Å². The van der Waals surface area contributed by atoms with E-state index >= 15 is 0 Å². The molecule has 0 spiro atoms. The highest BCUT2D eigenvalue weighted by Crippen LogP contribution is 2.40. The Kier molecular flexibility index (Phi) is 4.34. The fourth-order valence-corrected chi connectivity index (χ4v) is 4.57. The van der Waals surface area contributed by atoms with Crippen LogP contribution in [0.15, 0.2) is 36.7 Å². The summed E-state index contributed by atoms with van der Waals surface area (Å²) in [5.41, 5.74) is 4.81. The lowest BCUT2D eigenvalue weighted by Gasteiger charge is -2.36. The molecule has 1 saturated carbocycles. The van der Waals surface area contributed by atoms with Crippen LogP contribution >= 0.6 is 0 Å². The van der Waals surface area contributed by atoms with Crippen molar-refractivity contribution in [3.05, 3.63) is 59.2 Å². The van der Waals surface area contributed by atoms with Crippen LogP contribution < -0.4 is 4.90 Å². The average Bonchev–Trinajstić information content (AvgIpc) is 3.55. The first-order chi connectivity index (χ1) is 15.6. The highest BCUT2D eigenvalue weighted by molar-refractivity contribution is 6.06. The normalized spacial score (nSPS) is 16.8. The summed E-state index contributed by atoms with van der Waals surface area (Å²) in [5.74, 6) is 2.17. The first-order valence-electron chi connectivity index (χ1n) is 11.2. The number of carbonyl (C=O) groups is 1. The van der Waals surface area contributed by atoms with Crippen LogP contribution in [0.4, 0.5) is 5.82 Å². The molecule has 1 aliphatic heterocycles. The maximum atomic E-state index is 13.6. The van der Waals surface area contributed by atoms with Gasteiger partial charge in [-0.25, -0.2) is 4.98 Å². The zero-order valence-corrected chi connectivity index (χ0v) is 18.3. The van der Waals surface area contributed by atoms with E-state index in [1.54, 1.807) is 4.52 Å². The SMILES string of the molecule is Cc1ccc2nc(C3CC3)cc(C(=O)N3CCN(c4cc(C)nc5ncnn45)CC3)c2c1. The van der Waals surface area contributed by atoms with Gasteiger partial charge >= 0.3 is 0 Å². The minimum atomic E-state index is 0.0985. The molecule has 162 valence electrons. The van der Waals surface area contributed by atoms with Crippen molar-refractivity contribution >= 4 is 28.4 Å². The molecule has 4 heterocycles. The van der Waals surface area contributed by atoms with E-state index in [0.29, 0.717) is 24.8 Å². The average molecular weight is 428 g/mol. The number of pyridine rings is 1. The van der Waals surface area contributed by atoms with Crippen LogP contribution in [0.5, 0.6) is 0 Å². The van der Waals surface area contributed by atoms with Crippen molar-refractivity contribution in [1.29, 1.82) is 0 Å². The predicted molar refractivity (Wildman–Crippen MR) is 122 cm³/mol. The van der Waals surface area contributed by atoms with Crippen molar-refractivity contribution < 1.29 is 4.79 Å². The van der Waals surface area contributed by atoms with E-state index < -0.39 is 0 Å². The molecule has 8 nitrogen and oxygen atoms in total. The molecule has 1 aliphatic carbocycles. The standard InChI is InChI=1S/C24H25N7O/c1-15-3-6-20-18(11-15)19(13-21(28-20)17-4-5-17)23(32)30-9-7-29(8-10-30)22-12-16(2)27-24-25-14-26-31(22)24/h3,6,11-14,17H,4-5,7-10H2,1-2H3. The zero-order valence-electron chi connectivity index (χ0n) is 18.3. The number of piperazine rings is 1. The summed E-state index contributed by atoms with van der Waals surface area (Å²) < 4.78 is 1.77. The van der Waals surface area contributed by atoms with Gasteiger partial charge in [0.2, 0.25) is 0 Å². The van der Waals surface area contributed by atoms with Crippen molar-refractivity contribution in [3.63, 3.8) is 0 Å². The molecule has 2 aliphatic rings. The molecule has 4 aromatic rings. The third kappa shape index (κ3) is 3.26. The van der Waals surface area contributed by atoms with Crippen LogP contribution in [0.2, 0.25) is 0 Å². The van der Waals surface area contributed by atoms with Gasteiger partial charge in [0.05, 0.1) is 11.1 Å². The maximum absolute atomic E-state index is 13.6. The molecule has 6 rings (SSSR count). The molecule has 2 fully saturated rings. The number of fused-ring (bicyclic) bond motifs is 2. The van der Waals surface area contributed by atoms with Crippen LogP contribution in [0.25, 0.3) is 16.7 Å². The van der Waals surface area contributed by atoms with Crippen molar-refractivity contribution in [2.45, 2.75) is 32.6 Å². The molecular weight excluding hydrogens is 402 g/mol. The summed E-state index contributed by atoms with van der Waals surface area (Å²) >= 11 is 0. The molecule has 8 heteroatoms. The highest BCUT2D eigenvalue weighted by atomic mass is 16.2. The van der Waals surface area contributed by atoms with Crippen LogP contribution in [-0.4, -0.2) is 61.6 Å². The van der Waals surface area contributed by atoms with Gasteiger partial charge in [0.15, 0.2) is 0 Å². The Hall–Kier alpha value is -3.55. The van der Waals surface area contributed by atoms with Crippen LogP contribution in [0.1, 0.15) is 46.1 Å². The third-order valence-corrected chi connectivity index (χ3v) is 6.46. The molecule has 0 atom stereocenters. The topological polar surface area (TPSA) is 79.5 Å². The van der Waals surface area contributed by atoms with E-state index in [2.05, 4.69) is 39.0 Å². The van der Waals surface area contributed by atoms with Gasteiger partial charge in [-0.2, -0.15) is 14.6 Å². The van der Waals surface area contributed by atoms with Gasteiger partial charge in [-0.3, -0.25) is 9.78 Å². The summed E-state index contributed by atoms with van der Waals surface area (Å²) in [4.78, 5) is 31.4. The van der Waals surface area contributed by atoms with E-state index in [-0.39, 0.29) is 5.91 Å². The molecule has 1 aromatic carbocycles. The van der Waals surface area contributed by atoms with Crippen molar-refractivity contribution in [1.82, 2.24) is 29.5 Å². The summed E-state index contributed by atoms with van der Waals surface area (Å²) in [5, 5.41) is 5.28. The lowest BCUT2D eigenvalue weighted by atomic mass is 10.0. The Morgan fingerprint density at radius 1 is 1.00 bits per heavy atom. The smallest absolute Gasteiger partial charge is 0.254 e. The molecule has 1 amide bonds. The summed E-state index contributed by atoms with van der Waals surface area (Å²) in [6.07, 6.45) is 3.86. The lowest BCUT2D eigenvalue weighted by Crippen LogP contribution is -2.49. The van der Waals surface area contributed by atoms with Crippen LogP contribution in [0.3, 0.4) is 0 Å². The number of hydrogen-bond acceptors (Lipinski definition) is 6. The fraction of sp³-hybridized carbons (Fsp3) is 0.375. The number of aryl methyl sites for hydroxylation is 2. The Morgan fingerprint density at radius 2 is 1.81 bits per heavy atom. The second-order valence-corrected chi connectivity index (χ2v) is 8.90. The maximum Gasteiger partial charge on any atom is 0.254 e. The first-order valence-corrected chi connectivity index (χ1v) is 11.2. The summed E-state index contributed by atoms with van der Waals surface area (Å²) in [6, 6.07) is 10.3. The number of amides is 1. The number of hydrogen-bond donors (Lipinski definition) is 0. The van der Waals surface area contributed by atoms with Crippen molar-refractivity contribution in [2.75, 3.05) is 31.1 Å². The van der Waals surface area contributed by atoms with Gasteiger partial charge in [0, 0.05) is 54.9 Å². The van der Waals surface area contributed by atoms with E-state index in [0.717, 1.165) is 52.3 Å². The fourth-order valence-electron chi connectivity index (χ4n) is 4.57. The van der Waals surface area contributed by atoms with Crippen LogP contribution in [0, 0.1) is 13.8 Å². The summed E-state index contributed by atoms with van der Waals surface area (Å²) in [6.45, 7) is 6.81. The van der Waals surface area contributed by atoms with Gasteiger partial charge in [-0.05, 0) is 44.9 Å². The predicted octanol–water partition coefficient (Wildman–Crippen LogP) is 3.13. The molecule has 0 N–H and O–H groups in total. The number of anilines is 1.